The van der Waals surface area contributed by atoms with Crippen LogP contribution in [0.3, 0.4) is 0 Å². The van der Waals surface area contributed by atoms with Crippen LogP contribution in [0.25, 0.3) is 10.9 Å². The number of rotatable bonds is 3. The van der Waals surface area contributed by atoms with Crippen LogP contribution in [-0.2, 0) is 4.79 Å². The lowest BCUT2D eigenvalue weighted by molar-refractivity contribution is -0.121. The van der Waals surface area contributed by atoms with E-state index in [1.165, 1.54) is 5.39 Å². The highest BCUT2D eigenvalue weighted by molar-refractivity contribution is 5.86. The van der Waals surface area contributed by atoms with Crippen molar-refractivity contribution in [2.24, 2.45) is 0 Å². The van der Waals surface area contributed by atoms with Crippen molar-refractivity contribution < 1.29 is 4.79 Å². The molecule has 0 aliphatic carbocycles. The van der Waals surface area contributed by atoms with Crippen LogP contribution in [-0.4, -0.2) is 10.4 Å². The first-order valence-electron chi connectivity index (χ1n) is 5.32. The van der Waals surface area contributed by atoms with Gasteiger partial charge >= 0.3 is 0 Å². The number of carbonyl (C=O) groups is 1. The number of benzene rings is 1. The molecule has 1 aromatic carbocycles. The summed E-state index contributed by atoms with van der Waals surface area (Å²) in [7, 11) is 0. The van der Waals surface area contributed by atoms with Crippen LogP contribution in [0.2, 0.25) is 0 Å². The first-order valence-corrected chi connectivity index (χ1v) is 5.32. The number of hydrogen-bond acceptors (Lipinski definition) is 1. The van der Waals surface area contributed by atoms with Gasteiger partial charge in [-0.2, -0.15) is 0 Å². The van der Waals surface area contributed by atoms with Crippen molar-refractivity contribution in [3.8, 4) is 0 Å². The number of fused-ring (bicyclic) bond motifs is 1. The Balaban J connectivity index is 2.48. The largest absolute Gasteiger partial charge is 0.337 e. The van der Waals surface area contributed by atoms with E-state index < -0.39 is 0 Å². The van der Waals surface area contributed by atoms with E-state index in [0.29, 0.717) is 6.42 Å². The van der Waals surface area contributed by atoms with Crippen molar-refractivity contribution in [2.45, 2.75) is 26.3 Å². The zero-order valence-electron chi connectivity index (χ0n) is 9.10. The standard InChI is InChI=1S/C13H15NO/c1-3-13(15)10(2)14-9-8-11-6-4-5-7-12(11)14/h4-10H,3H2,1-2H3. The molecule has 1 heterocycles. The Labute approximate surface area is 89.5 Å². The Hall–Kier alpha value is -1.57. The van der Waals surface area contributed by atoms with Crippen LogP contribution in [0, 0.1) is 0 Å². The van der Waals surface area contributed by atoms with Gasteiger partial charge in [-0.3, -0.25) is 4.79 Å². The van der Waals surface area contributed by atoms with Crippen molar-refractivity contribution in [1.29, 1.82) is 0 Å². The number of Topliss-reactive ketones (excluding diaryl/α,β-unsaturated/α-hetero) is 1. The maximum Gasteiger partial charge on any atom is 0.155 e. The fraction of sp³-hybridized carbons (Fsp3) is 0.308. The zero-order valence-corrected chi connectivity index (χ0v) is 9.10. The van der Waals surface area contributed by atoms with Crippen molar-refractivity contribution in [1.82, 2.24) is 4.57 Å². The molecule has 0 amide bonds. The molecular formula is C13H15NO. The molecule has 0 fully saturated rings. The Kier molecular flexibility index (Phi) is 2.58. The summed E-state index contributed by atoms with van der Waals surface area (Å²) >= 11 is 0. The quantitative estimate of drug-likeness (QED) is 0.747. The van der Waals surface area contributed by atoms with E-state index in [-0.39, 0.29) is 11.8 Å². The molecule has 78 valence electrons. The normalized spacial score (nSPS) is 12.9. The number of nitrogens with zero attached hydrogens (tertiary/aromatic N) is 1. The van der Waals surface area contributed by atoms with Gasteiger partial charge in [-0.1, -0.05) is 25.1 Å². The molecule has 2 nitrogen and oxygen atoms in total. The predicted octanol–water partition coefficient (Wildman–Crippen LogP) is 3.18. The summed E-state index contributed by atoms with van der Waals surface area (Å²) in [4.78, 5) is 11.6. The average Bonchev–Trinajstić information content (AvgIpc) is 2.70. The number of para-hydroxylation sites is 1. The van der Waals surface area contributed by atoms with E-state index in [1.807, 2.05) is 36.7 Å². The molecule has 0 radical (unpaired) electrons. The molecule has 0 bridgehead atoms. The second-order valence-corrected chi connectivity index (χ2v) is 3.78. The fourth-order valence-electron chi connectivity index (χ4n) is 1.89. The monoisotopic (exact) mass is 201 g/mol. The van der Waals surface area contributed by atoms with Gasteiger partial charge in [-0.05, 0) is 24.4 Å². The molecule has 0 spiro atoms. The molecule has 1 aromatic heterocycles. The van der Waals surface area contributed by atoms with Gasteiger partial charge in [0.2, 0.25) is 0 Å². The molecule has 0 saturated heterocycles. The molecule has 0 aliphatic heterocycles. The first kappa shape index (κ1) is 9.97. The summed E-state index contributed by atoms with van der Waals surface area (Å²) in [5, 5.41) is 1.19. The summed E-state index contributed by atoms with van der Waals surface area (Å²) in [5.74, 6) is 0.274. The minimum atomic E-state index is -0.0603. The topological polar surface area (TPSA) is 22.0 Å². The van der Waals surface area contributed by atoms with Crippen LogP contribution >= 0.6 is 0 Å². The summed E-state index contributed by atoms with van der Waals surface area (Å²) in [6.07, 6.45) is 2.58. The molecule has 1 unspecified atom stereocenters. The summed E-state index contributed by atoms with van der Waals surface area (Å²) in [6, 6.07) is 10.1. The van der Waals surface area contributed by atoms with Gasteiger partial charge in [0.1, 0.15) is 0 Å². The SMILES string of the molecule is CCC(=O)C(C)n1ccc2ccccc21. The van der Waals surface area contributed by atoms with Gasteiger partial charge in [0.15, 0.2) is 5.78 Å². The third-order valence-corrected chi connectivity index (χ3v) is 2.86. The van der Waals surface area contributed by atoms with Gasteiger partial charge in [0, 0.05) is 18.1 Å². The molecule has 0 N–H and O–H groups in total. The second-order valence-electron chi connectivity index (χ2n) is 3.78. The highest BCUT2D eigenvalue weighted by Gasteiger charge is 2.13. The number of carbonyl (C=O) groups excluding carboxylic acids is 1. The van der Waals surface area contributed by atoms with Crippen molar-refractivity contribution >= 4 is 16.7 Å². The second kappa shape index (κ2) is 3.89. The van der Waals surface area contributed by atoms with Crippen LogP contribution in [0.5, 0.6) is 0 Å². The van der Waals surface area contributed by atoms with E-state index in [9.17, 15) is 4.79 Å². The minimum Gasteiger partial charge on any atom is -0.337 e. The molecular weight excluding hydrogens is 186 g/mol. The number of aromatic nitrogens is 1. The Morgan fingerprint density at radius 1 is 1.33 bits per heavy atom. The summed E-state index contributed by atoms with van der Waals surface area (Å²) < 4.78 is 2.04. The maximum absolute atomic E-state index is 11.6. The number of ketones is 1. The molecule has 2 rings (SSSR count). The van der Waals surface area contributed by atoms with Crippen LogP contribution in [0.4, 0.5) is 0 Å². The number of hydrogen-bond donors (Lipinski definition) is 0. The molecule has 1 atom stereocenters. The summed E-state index contributed by atoms with van der Waals surface area (Å²) in [6.45, 7) is 3.86. The van der Waals surface area contributed by atoms with E-state index in [0.717, 1.165) is 5.52 Å². The van der Waals surface area contributed by atoms with Gasteiger partial charge in [-0.15, -0.1) is 0 Å². The maximum atomic E-state index is 11.6. The van der Waals surface area contributed by atoms with Crippen LogP contribution < -0.4 is 0 Å². The third-order valence-electron chi connectivity index (χ3n) is 2.86. The summed E-state index contributed by atoms with van der Waals surface area (Å²) in [5.41, 5.74) is 1.13. The van der Waals surface area contributed by atoms with Crippen molar-refractivity contribution in [2.75, 3.05) is 0 Å². The average molecular weight is 201 g/mol. The van der Waals surface area contributed by atoms with Crippen molar-refractivity contribution in [3.05, 3.63) is 36.5 Å². The smallest absolute Gasteiger partial charge is 0.155 e. The lowest BCUT2D eigenvalue weighted by Crippen LogP contribution is -2.14. The fourth-order valence-corrected chi connectivity index (χ4v) is 1.89. The lowest BCUT2D eigenvalue weighted by atomic mass is 10.1. The predicted molar refractivity (Wildman–Crippen MR) is 61.9 cm³/mol. The van der Waals surface area contributed by atoms with Crippen LogP contribution in [0.1, 0.15) is 26.3 Å². The first-order chi connectivity index (χ1) is 7.24. The van der Waals surface area contributed by atoms with Gasteiger partial charge in [0.05, 0.1) is 6.04 Å². The molecule has 0 aliphatic rings. The van der Waals surface area contributed by atoms with Crippen molar-refractivity contribution in [3.63, 3.8) is 0 Å². The van der Waals surface area contributed by atoms with E-state index in [4.69, 9.17) is 0 Å². The van der Waals surface area contributed by atoms with Gasteiger partial charge in [-0.25, -0.2) is 0 Å². The lowest BCUT2D eigenvalue weighted by Gasteiger charge is -2.12. The van der Waals surface area contributed by atoms with E-state index in [1.54, 1.807) is 0 Å². The highest BCUT2D eigenvalue weighted by atomic mass is 16.1. The Morgan fingerprint density at radius 3 is 2.80 bits per heavy atom. The van der Waals surface area contributed by atoms with Gasteiger partial charge in [0.25, 0.3) is 0 Å². The van der Waals surface area contributed by atoms with Crippen LogP contribution in [0.15, 0.2) is 36.5 Å². The highest BCUT2D eigenvalue weighted by Crippen LogP contribution is 2.20. The third kappa shape index (κ3) is 1.67. The Bertz CT molecular complexity index is 484. The van der Waals surface area contributed by atoms with E-state index in [2.05, 4.69) is 18.2 Å². The molecule has 0 saturated carbocycles. The Morgan fingerprint density at radius 2 is 2.07 bits per heavy atom. The van der Waals surface area contributed by atoms with Gasteiger partial charge < -0.3 is 4.57 Å². The molecule has 15 heavy (non-hydrogen) atoms. The molecule has 2 aromatic rings. The minimum absolute atomic E-state index is 0.0603. The zero-order chi connectivity index (χ0) is 10.8. The molecule has 2 heteroatoms. The van der Waals surface area contributed by atoms with E-state index >= 15 is 0 Å².